The smallest absolute Gasteiger partial charge is 0.0149 e. The number of hydrogen-bond donors (Lipinski definition) is 1. The van der Waals surface area contributed by atoms with E-state index in [1.165, 1.54) is 51.7 Å². The van der Waals surface area contributed by atoms with E-state index >= 15 is 0 Å². The zero-order chi connectivity index (χ0) is 13.8. The molecule has 1 aliphatic carbocycles. The van der Waals surface area contributed by atoms with Gasteiger partial charge in [0.25, 0.3) is 0 Å². The van der Waals surface area contributed by atoms with Crippen LogP contribution < -0.4 is 5.73 Å². The quantitative estimate of drug-likeness (QED) is 0.858. The average Bonchev–Trinajstić information content (AvgIpc) is 2.32. The fraction of sp³-hybridized carbons (Fsp3) is 1.00. The molecular weight excluding hydrogens is 252 g/mol. The third-order valence-corrected chi connectivity index (χ3v) is 6.06. The van der Waals surface area contributed by atoms with Gasteiger partial charge in [0.2, 0.25) is 0 Å². The number of rotatable bonds is 4. The summed E-state index contributed by atoms with van der Waals surface area (Å²) in [6, 6.07) is 0.452. The summed E-state index contributed by atoms with van der Waals surface area (Å²) in [6.07, 6.45) is 6.74. The van der Waals surface area contributed by atoms with Gasteiger partial charge in [0, 0.05) is 36.2 Å². The molecule has 0 aromatic heterocycles. The maximum atomic E-state index is 6.39. The third kappa shape index (κ3) is 4.64. The summed E-state index contributed by atoms with van der Waals surface area (Å²) in [5, 5.41) is 1.57. The predicted molar refractivity (Wildman–Crippen MR) is 86.7 cm³/mol. The Labute approximate surface area is 123 Å². The molecule has 2 nitrogen and oxygen atoms in total. The zero-order valence-corrected chi connectivity index (χ0v) is 13.8. The molecule has 0 bridgehead atoms. The largest absolute Gasteiger partial charge is 0.327 e. The molecule has 0 radical (unpaired) electrons. The van der Waals surface area contributed by atoms with Gasteiger partial charge in [-0.25, -0.2) is 0 Å². The summed E-state index contributed by atoms with van der Waals surface area (Å²) >= 11 is 2.14. The standard InChI is InChI=1S/C16H32N2S/c1-4-5-14-6-7-16(17)15(8-14)11-18-9-12(2)19-13(3)10-18/h12-16H,4-11,17H2,1-3H3. The predicted octanol–water partition coefficient (Wildman–Crippen LogP) is 3.36. The lowest BCUT2D eigenvalue weighted by Crippen LogP contribution is -2.48. The monoisotopic (exact) mass is 284 g/mol. The van der Waals surface area contributed by atoms with Crippen LogP contribution in [0.3, 0.4) is 0 Å². The van der Waals surface area contributed by atoms with Crippen LogP contribution in [-0.2, 0) is 0 Å². The van der Waals surface area contributed by atoms with Crippen LogP contribution in [0.5, 0.6) is 0 Å². The highest BCUT2D eigenvalue weighted by molar-refractivity contribution is 8.00. The van der Waals surface area contributed by atoms with Gasteiger partial charge in [-0.05, 0) is 31.1 Å². The molecule has 0 amide bonds. The molecule has 5 atom stereocenters. The van der Waals surface area contributed by atoms with Crippen LogP contribution >= 0.6 is 11.8 Å². The first-order valence-electron chi connectivity index (χ1n) is 8.21. The van der Waals surface area contributed by atoms with Crippen molar-refractivity contribution in [1.29, 1.82) is 0 Å². The molecule has 3 heteroatoms. The molecule has 2 N–H and O–H groups in total. The minimum absolute atomic E-state index is 0.452. The lowest BCUT2D eigenvalue weighted by molar-refractivity contribution is 0.150. The summed E-state index contributed by atoms with van der Waals surface area (Å²) in [6.45, 7) is 10.8. The van der Waals surface area contributed by atoms with E-state index in [-0.39, 0.29) is 0 Å². The Hall–Kier alpha value is 0.270. The minimum atomic E-state index is 0.452. The Morgan fingerprint density at radius 3 is 2.47 bits per heavy atom. The molecular formula is C16H32N2S. The van der Waals surface area contributed by atoms with Gasteiger partial charge < -0.3 is 10.6 Å². The van der Waals surface area contributed by atoms with E-state index in [4.69, 9.17) is 5.73 Å². The minimum Gasteiger partial charge on any atom is -0.327 e. The molecule has 0 aromatic carbocycles. The Bertz CT molecular complexity index is 261. The molecule has 2 rings (SSSR count). The lowest BCUT2D eigenvalue weighted by atomic mass is 9.76. The highest BCUT2D eigenvalue weighted by Gasteiger charge is 2.31. The third-order valence-electron chi connectivity index (χ3n) is 4.83. The first kappa shape index (κ1) is 15.7. The van der Waals surface area contributed by atoms with Gasteiger partial charge >= 0.3 is 0 Å². The summed E-state index contributed by atoms with van der Waals surface area (Å²) in [5.41, 5.74) is 6.39. The Morgan fingerprint density at radius 1 is 1.16 bits per heavy atom. The van der Waals surface area contributed by atoms with Crippen molar-refractivity contribution in [3.63, 3.8) is 0 Å². The lowest BCUT2D eigenvalue weighted by Gasteiger charge is -2.41. The maximum Gasteiger partial charge on any atom is 0.0149 e. The summed E-state index contributed by atoms with van der Waals surface area (Å²) in [5.74, 6) is 1.69. The van der Waals surface area contributed by atoms with E-state index < -0.39 is 0 Å². The first-order valence-corrected chi connectivity index (χ1v) is 9.16. The summed E-state index contributed by atoms with van der Waals surface area (Å²) in [7, 11) is 0. The van der Waals surface area contributed by atoms with Crippen LogP contribution in [0.2, 0.25) is 0 Å². The van der Waals surface area contributed by atoms with Gasteiger partial charge in [-0.2, -0.15) is 11.8 Å². The molecule has 0 spiro atoms. The Morgan fingerprint density at radius 2 is 1.84 bits per heavy atom. The number of nitrogens with zero attached hydrogens (tertiary/aromatic N) is 1. The molecule has 19 heavy (non-hydrogen) atoms. The second-order valence-corrected chi connectivity index (χ2v) is 8.75. The van der Waals surface area contributed by atoms with E-state index in [2.05, 4.69) is 37.4 Å². The van der Waals surface area contributed by atoms with E-state index in [9.17, 15) is 0 Å². The molecule has 1 saturated carbocycles. The normalized spacial score (nSPS) is 41.4. The van der Waals surface area contributed by atoms with E-state index in [1.54, 1.807) is 0 Å². The van der Waals surface area contributed by atoms with Crippen molar-refractivity contribution >= 4 is 11.8 Å². The first-order chi connectivity index (χ1) is 9.08. The SMILES string of the molecule is CCCC1CCC(N)C(CN2CC(C)SC(C)C2)C1. The average molecular weight is 285 g/mol. The number of nitrogens with two attached hydrogens (primary N) is 1. The summed E-state index contributed by atoms with van der Waals surface area (Å²) < 4.78 is 0. The highest BCUT2D eigenvalue weighted by atomic mass is 32.2. The van der Waals surface area contributed by atoms with Crippen molar-refractivity contribution < 1.29 is 0 Å². The molecule has 112 valence electrons. The molecule has 1 heterocycles. The van der Waals surface area contributed by atoms with Crippen LogP contribution in [0, 0.1) is 11.8 Å². The topological polar surface area (TPSA) is 29.3 Å². The van der Waals surface area contributed by atoms with E-state index in [0.717, 1.165) is 22.3 Å². The molecule has 2 fully saturated rings. The molecule has 1 aliphatic heterocycles. The fourth-order valence-corrected chi connectivity index (χ4v) is 5.42. The number of hydrogen-bond acceptors (Lipinski definition) is 3. The molecule has 0 aromatic rings. The maximum absolute atomic E-state index is 6.39. The van der Waals surface area contributed by atoms with Gasteiger partial charge in [0.1, 0.15) is 0 Å². The molecule has 5 unspecified atom stereocenters. The zero-order valence-electron chi connectivity index (χ0n) is 13.0. The Kier molecular flexibility index (Phi) is 6.04. The van der Waals surface area contributed by atoms with Gasteiger partial charge in [0.15, 0.2) is 0 Å². The van der Waals surface area contributed by atoms with Crippen molar-refractivity contribution in [1.82, 2.24) is 4.90 Å². The van der Waals surface area contributed by atoms with Crippen LogP contribution in [0.25, 0.3) is 0 Å². The van der Waals surface area contributed by atoms with Crippen LogP contribution in [-0.4, -0.2) is 41.1 Å². The fourth-order valence-electron chi connectivity index (χ4n) is 4.03. The Balaban J connectivity index is 1.85. The van der Waals surface area contributed by atoms with Crippen molar-refractivity contribution in [3.8, 4) is 0 Å². The summed E-state index contributed by atoms with van der Waals surface area (Å²) in [4.78, 5) is 2.69. The van der Waals surface area contributed by atoms with Crippen molar-refractivity contribution in [2.45, 2.75) is 69.4 Å². The second-order valence-electron chi connectivity index (χ2n) is 6.87. The van der Waals surface area contributed by atoms with E-state index in [1.807, 2.05) is 0 Å². The van der Waals surface area contributed by atoms with Crippen molar-refractivity contribution in [2.24, 2.45) is 17.6 Å². The highest BCUT2D eigenvalue weighted by Crippen LogP contribution is 2.33. The van der Waals surface area contributed by atoms with E-state index in [0.29, 0.717) is 6.04 Å². The molecule has 2 aliphatic rings. The van der Waals surface area contributed by atoms with Gasteiger partial charge in [-0.3, -0.25) is 0 Å². The van der Waals surface area contributed by atoms with Gasteiger partial charge in [0.05, 0.1) is 0 Å². The molecule has 1 saturated heterocycles. The van der Waals surface area contributed by atoms with Crippen LogP contribution in [0.1, 0.15) is 52.9 Å². The van der Waals surface area contributed by atoms with Gasteiger partial charge in [-0.1, -0.05) is 33.6 Å². The van der Waals surface area contributed by atoms with Crippen LogP contribution in [0.15, 0.2) is 0 Å². The number of thioether (sulfide) groups is 1. The van der Waals surface area contributed by atoms with Crippen molar-refractivity contribution in [3.05, 3.63) is 0 Å². The van der Waals surface area contributed by atoms with Gasteiger partial charge in [-0.15, -0.1) is 0 Å². The second kappa shape index (κ2) is 7.33. The van der Waals surface area contributed by atoms with Crippen molar-refractivity contribution in [2.75, 3.05) is 19.6 Å². The van der Waals surface area contributed by atoms with Crippen LogP contribution in [0.4, 0.5) is 0 Å².